The fourth-order valence-corrected chi connectivity index (χ4v) is 3.30. The van der Waals surface area contributed by atoms with Crippen molar-refractivity contribution in [3.8, 4) is 0 Å². The average Bonchev–Trinajstić information content (AvgIpc) is 3.21. The Kier molecular flexibility index (Phi) is 3.41. The van der Waals surface area contributed by atoms with Crippen molar-refractivity contribution < 1.29 is 4.39 Å². The van der Waals surface area contributed by atoms with Crippen LogP contribution in [0.5, 0.6) is 0 Å². The van der Waals surface area contributed by atoms with Crippen LogP contribution in [0.15, 0.2) is 42.6 Å². The van der Waals surface area contributed by atoms with Gasteiger partial charge in [0.25, 0.3) is 0 Å². The van der Waals surface area contributed by atoms with Crippen LogP contribution in [0.3, 0.4) is 0 Å². The van der Waals surface area contributed by atoms with Crippen molar-refractivity contribution in [2.75, 3.05) is 11.4 Å². The first-order valence-electron chi connectivity index (χ1n) is 7.85. The van der Waals surface area contributed by atoms with Crippen LogP contribution in [0.4, 0.5) is 10.2 Å². The molecule has 1 unspecified atom stereocenters. The first-order chi connectivity index (χ1) is 11.6. The van der Waals surface area contributed by atoms with Gasteiger partial charge in [0.15, 0.2) is 5.65 Å². The van der Waals surface area contributed by atoms with Crippen molar-refractivity contribution in [2.45, 2.75) is 18.9 Å². The molecule has 0 saturated carbocycles. The van der Waals surface area contributed by atoms with E-state index in [2.05, 4.69) is 15.0 Å². The highest BCUT2D eigenvalue weighted by atomic mass is 19.1. The third-order valence-electron chi connectivity index (χ3n) is 4.40. The number of hydrogen-bond acceptors (Lipinski definition) is 4. The fraction of sp³-hybridized carbons (Fsp3) is 0.235. The lowest BCUT2D eigenvalue weighted by molar-refractivity contribution is 0.617. The third kappa shape index (κ3) is 2.38. The second-order valence-corrected chi connectivity index (χ2v) is 5.93. The summed E-state index contributed by atoms with van der Waals surface area (Å²) in [5, 5.41) is 12.2. The number of anilines is 1. The lowest BCUT2D eigenvalue weighted by Gasteiger charge is -2.26. The largest absolute Gasteiger partial charge is 0.382 e. The zero-order valence-electron chi connectivity index (χ0n) is 13.0. The number of nitrogen functional groups attached to an aromatic ring is 1. The van der Waals surface area contributed by atoms with E-state index >= 15 is 0 Å². The van der Waals surface area contributed by atoms with E-state index in [0.29, 0.717) is 11.3 Å². The summed E-state index contributed by atoms with van der Waals surface area (Å²) in [4.78, 5) is 6.37. The van der Waals surface area contributed by atoms with Crippen LogP contribution in [0, 0.1) is 11.2 Å². The van der Waals surface area contributed by atoms with Gasteiger partial charge in [-0.2, -0.15) is 0 Å². The summed E-state index contributed by atoms with van der Waals surface area (Å²) in [6.07, 6.45) is 3.51. The molecule has 3 heterocycles. The van der Waals surface area contributed by atoms with Crippen LogP contribution >= 0.6 is 0 Å². The van der Waals surface area contributed by atoms with Gasteiger partial charge in [0.05, 0.1) is 12.2 Å². The van der Waals surface area contributed by atoms with Gasteiger partial charge in [-0.15, -0.1) is 5.10 Å². The summed E-state index contributed by atoms with van der Waals surface area (Å²) in [6, 6.07) is 10.6. The minimum atomic E-state index is -0.226. The maximum absolute atomic E-state index is 13.6. The number of halogens is 1. The molecule has 7 heteroatoms. The highest BCUT2D eigenvalue weighted by Crippen LogP contribution is 2.35. The van der Waals surface area contributed by atoms with Gasteiger partial charge in [-0.25, -0.2) is 13.9 Å². The highest BCUT2D eigenvalue weighted by Gasteiger charge is 2.28. The number of benzene rings is 1. The molecular formula is C17H17FN6. The van der Waals surface area contributed by atoms with Crippen molar-refractivity contribution in [1.82, 2.24) is 14.6 Å². The molecule has 0 radical (unpaired) electrons. The minimum absolute atomic E-state index is 0.0738. The van der Waals surface area contributed by atoms with Crippen LogP contribution in [-0.2, 0) is 0 Å². The highest BCUT2D eigenvalue weighted by molar-refractivity contribution is 5.93. The van der Waals surface area contributed by atoms with Gasteiger partial charge in [0, 0.05) is 6.54 Å². The topological polar surface area (TPSA) is 83.3 Å². The van der Waals surface area contributed by atoms with Gasteiger partial charge < -0.3 is 10.6 Å². The third-order valence-corrected chi connectivity index (χ3v) is 4.40. The molecule has 0 bridgehead atoms. The van der Waals surface area contributed by atoms with Crippen molar-refractivity contribution in [2.24, 2.45) is 5.73 Å². The van der Waals surface area contributed by atoms with Crippen LogP contribution in [-0.4, -0.2) is 27.0 Å². The molecule has 0 spiro atoms. The van der Waals surface area contributed by atoms with Crippen molar-refractivity contribution in [3.05, 3.63) is 59.7 Å². The van der Waals surface area contributed by atoms with E-state index in [1.807, 2.05) is 18.2 Å². The molecule has 1 atom stereocenters. The summed E-state index contributed by atoms with van der Waals surface area (Å²) < 4.78 is 15.2. The van der Waals surface area contributed by atoms with Gasteiger partial charge >= 0.3 is 0 Å². The molecule has 1 aliphatic rings. The molecule has 0 amide bonds. The smallest absolute Gasteiger partial charge is 0.154 e. The molecule has 1 fully saturated rings. The molecule has 1 aliphatic heterocycles. The zero-order chi connectivity index (χ0) is 16.7. The Morgan fingerprint density at radius 1 is 1.29 bits per heavy atom. The predicted molar refractivity (Wildman–Crippen MR) is 89.7 cm³/mol. The Morgan fingerprint density at radius 3 is 2.96 bits per heavy atom. The second-order valence-electron chi connectivity index (χ2n) is 5.93. The Bertz CT molecular complexity index is 918. The molecule has 2 aromatic heterocycles. The predicted octanol–water partition coefficient (Wildman–Crippen LogP) is 2.49. The maximum atomic E-state index is 13.6. The Morgan fingerprint density at radius 2 is 2.17 bits per heavy atom. The van der Waals surface area contributed by atoms with Gasteiger partial charge in [0.2, 0.25) is 0 Å². The van der Waals surface area contributed by atoms with Gasteiger partial charge in [-0.3, -0.25) is 5.41 Å². The van der Waals surface area contributed by atoms with E-state index < -0.39 is 0 Å². The van der Waals surface area contributed by atoms with Crippen molar-refractivity contribution >= 4 is 17.3 Å². The number of hydrogen-bond donors (Lipinski definition) is 2. The molecule has 1 aromatic carbocycles. The van der Waals surface area contributed by atoms with Crippen LogP contribution in [0.25, 0.3) is 5.65 Å². The molecule has 4 rings (SSSR count). The molecule has 3 aromatic rings. The standard InChI is InChI=1S/C17H17FN6/c18-12-4-1-3-11(9-12)13-5-2-8-23(13)16-7-6-15-21-10-14(17(19)20)24(15)22-16/h1,3-4,6-7,9-10,13H,2,5,8H2,(H3,19,20). The maximum Gasteiger partial charge on any atom is 0.154 e. The van der Waals surface area contributed by atoms with Crippen molar-refractivity contribution in [1.29, 1.82) is 5.41 Å². The van der Waals surface area contributed by atoms with E-state index in [1.54, 1.807) is 22.8 Å². The van der Waals surface area contributed by atoms with Crippen LogP contribution in [0.2, 0.25) is 0 Å². The van der Waals surface area contributed by atoms with Gasteiger partial charge in [0.1, 0.15) is 23.2 Å². The number of rotatable bonds is 3. The number of nitrogens with two attached hydrogens (primary N) is 1. The normalized spacial score (nSPS) is 17.5. The Labute approximate surface area is 138 Å². The van der Waals surface area contributed by atoms with Gasteiger partial charge in [-0.05, 0) is 42.7 Å². The summed E-state index contributed by atoms with van der Waals surface area (Å²) in [5.74, 6) is 0.473. The molecule has 3 N–H and O–H groups in total. The van der Waals surface area contributed by atoms with E-state index in [1.165, 1.54) is 6.07 Å². The number of nitrogens with one attached hydrogen (secondary N) is 1. The SMILES string of the molecule is N=C(N)c1cnc2ccc(N3CCCC3c3cccc(F)c3)nn12. The molecule has 24 heavy (non-hydrogen) atoms. The van der Waals surface area contributed by atoms with Crippen molar-refractivity contribution in [3.63, 3.8) is 0 Å². The summed E-state index contributed by atoms with van der Waals surface area (Å²) in [5.41, 5.74) is 7.65. The first kappa shape index (κ1) is 14.6. The van der Waals surface area contributed by atoms with E-state index in [9.17, 15) is 4.39 Å². The minimum Gasteiger partial charge on any atom is -0.382 e. The summed E-state index contributed by atoms with van der Waals surface area (Å²) in [7, 11) is 0. The molecule has 122 valence electrons. The molecule has 0 aliphatic carbocycles. The van der Waals surface area contributed by atoms with Crippen LogP contribution in [0.1, 0.15) is 30.1 Å². The number of fused-ring (bicyclic) bond motifs is 1. The molecule has 1 saturated heterocycles. The van der Waals surface area contributed by atoms with Gasteiger partial charge in [-0.1, -0.05) is 12.1 Å². The molecular weight excluding hydrogens is 307 g/mol. The van der Waals surface area contributed by atoms with E-state index in [-0.39, 0.29) is 17.7 Å². The zero-order valence-corrected chi connectivity index (χ0v) is 13.0. The Balaban J connectivity index is 1.75. The fourth-order valence-electron chi connectivity index (χ4n) is 3.30. The van der Waals surface area contributed by atoms with E-state index in [0.717, 1.165) is 30.8 Å². The first-order valence-corrected chi connectivity index (χ1v) is 7.85. The average molecular weight is 324 g/mol. The lowest BCUT2D eigenvalue weighted by Crippen LogP contribution is -2.25. The number of nitrogens with zero attached hydrogens (tertiary/aromatic N) is 4. The lowest BCUT2D eigenvalue weighted by atomic mass is 10.0. The number of aromatic nitrogens is 3. The van der Waals surface area contributed by atoms with Crippen LogP contribution < -0.4 is 10.6 Å². The summed E-state index contributed by atoms with van der Waals surface area (Å²) >= 11 is 0. The quantitative estimate of drug-likeness (QED) is 0.573. The summed E-state index contributed by atoms with van der Waals surface area (Å²) in [6.45, 7) is 0.851. The Hall–Kier alpha value is -2.96. The number of amidine groups is 1. The number of imidazole rings is 1. The second kappa shape index (κ2) is 5.59. The van der Waals surface area contributed by atoms with E-state index in [4.69, 9.17) is 11.1 Å². The molecule has 6 nitrogen and oxygen atoms in total. The monoisotopic (exact) mass is 324 g/mol.